The summed E-state index contributed by atoms with van der Waals surface area (Å²) in [5, 5.41) is 0. The fourth-order valence-electron chi connectivity index (χ4n) is 8.68. The van der Waals surface area contributed by atoms with Crippen LogP contribution in [0, 0.1) is 6.07 Å². The number of hydrogen-bond donors (Lipinski definition) is 0. The van der Waals surface area contributed by atoms with Crippen LogP contribution in [0.5, 0.6) is 0 Å². The van der Waals surface area contributed by atoms with Gasteiger partial charge < -0.3 is 24.8 Å². The molecule has 0 N–H and O–H groups in total. The van der Waals surface area contributed by atoms with Crippen LogP contribution >= 0.6 is 0 Å². The Morgan fingerprint density at radius 2 is 1.00 bits per heavy atom. The molecule has 3 heteroatoms. The molecule has 1 aliphatic carbocycles. The molecule has 0 aliphatic heterocycles. The summed E-state index contributed by atoms with van der Waals surface area (Å²) < 4.78 is 1.60. The van der Waals surface area contributed by atoms with E-state index >= 15 is 0 Å². The van der Waals surface area contributed by atoms with Crippen molar-refractivity contribution in [2.45, 2.75) is 124 Å². The Morgan fingerprint density at radius 1 is 0.547 bits per heavy atom. The van der Waals surface area contributed by atoms with Gasteiger partial charge in [-0.3, -0.25) is 0 Å². The third-order valence-electron chi connectivity index (χ3n) is 12.5. The van der Waals surface area contributed by atoms with Crippen LogP contribution in [0.2, 0.25) is 0 Å². The third-order valence-corrected chi connectivity index (χ3v) is 13.4. The Morgan fingerprint density at radius 3 is 1.47 bits per heavy atom. The van der Waals surface area contributed by atoms with Crippen molar-refractivity contribution in [2.75, 3.05) is 0 Å². The van der Waals surface area contributed by atoms with E-state index in [1.807, 2.05) is 30.3 Å². The van der Waals surface area contributed by atoms with Gasteiger partial charge in [0.2, 0.25) is 0 Å². The van der Waals surface area contributed by atoms with Crippen LogP contribution < -0.4 is 24.8 Å². The number of fused-ring (bicyclic) bond motifs is 3. The van der Waals surface area contributed by atoms with Crippen LogP contribution in [0.4, 0.5) is 0 Å². The fourth-order valence-corrected chi connectivity index (χ4v) is 9.69. The van der Waals surface area contributed by atoms with E-state index in [-0.39, 0.29) is 35.6 Å². The average molecular weight is 963 g/mol. The van der Waals surface area contributed by atoms with Crippen molar-refractivity contribution >= 4 is 3.21 Å². The molecular weight excluding hydrogens is 895 g/mol. The minimum atomic E-state index is 0. The number of rotatable bonds is 10. The molecule has 0 bridgehead atoms. The molecule has 0 spiro atoms. The number of benzene rings is 6. The molecule has 0 amide bonds. The molecule has 0 fully saturated rings. The Bertz CT molecular complexity index is 2340. The smallest absolute Gasteiger partial charge is 0.172 e. The average Bonchev–Trinajstić information content (AvgIpc) is 3.97. The first-order chi connectivity index (χ1) is 29.7. The number of halogens is 2. The molecular formula is C61H68Cl2Zr-2. The van der Waals surface area contributed by atoms with Crippen LogP contribution in [0.3, 0.4) is 0 Å². The van der Waals surface area contributed by atoms with E-state index in [9.17, 15) is 0 Å². The Hall–Kier alpha value is -4.00. The second-order valence-corrected chi connectivity index (χ2v) is 21.1. The van der Waals surface area contributed by atoms with Gasteiger partial charge >= 0.3 is 112 Å². The van der Waals surface area contributed by atoms with Gasteiger partial charge in [0.1, 0.15) is 0 Å². The summed E-state index contributed by atoms with van der Waals surface area (Å²) in [5.74, 6) is 1.04. The molecule has 0 aromatic heterocycles. The Kier molecular flexibility index (Phi) is 19.7. The summed E-state index contributed by atoms with van der Waals surface area (Å²) in [6.45, 7) is 23.4. The van der Waals surface area contributed by atoms with E-state index < -0.39 is 0 Å². The van der Waals surface area contributed by atoms with Crippen LogP contribution in [-0.2, 0) is 54.3 Å². The standard InChI is InChI=1S/C41H49.C15H14.C5H5.2ClH.Zr/c1-11-26(3)30-17-13-15-19-32(30)36-22-28-21-29-23-37(33-20-16-14-18-31(33)27(4)12-2)39(41(8,9)10)25-35(29)34(28)24-38(36)40(5,6)7;1-3-8-14(9-4-1)12-7-13-15-10-5-2-6-11-15;1-2-4-5-3-1;;;/h13-20,22,24-27H,11-12,21H2,1-10H3;1-6,8-11H,12-13H2;1-5H;2*1H;/q-1;;-1;;;+2/p-2. The predicted molar refractivity (Wildman–Crippen MR) is 267 cm³/mol. The van der Waals surface area contributed by atoms with Crippen molar-refractivity contribution < 1.29 is 49.0 Å². The van der Waals surface area contributed by atoms with Gasteiger partial charge in [0.25, 0.3) is 0 Å². The van der Waals surface area contributed by atoms with Crippen LogP contribution in [0.1, 0.15) is 138 Å². The molecule has 64 heavy (non-hydrogen) atoms. The van der Waals surface area contributed by atoms with Gasteiger partial charge in [-0.15, -0.1) is 28.8 Å². The summed E-state index contributed by atoms with van der Waals surface area (Å²) in [7, 11) is 0. The second-order valence-electron chi connectivity index (χ2n) is 19.4. The normalized spacial score (nSPS) is 12.4. The largest absolute Gasteiger partial charge is 0.214 e. The first-order valence-corrected chi connectivity index (χ1v) is 24.2. The van der Waals surface area contributed by atoms with Gasteiger partial charge in [-0.2, -0.15) is 18.2 Å². The Balaban J connectivity index is 0.000000321. The summed E-state index contributed by atoms with van der Waals surface area (Å²) >= 11 is 1.55. The zero-order valence-electron chi connectivity index (χ0n) is 40.0. The van der Waals surface area contributed by atoms with Crippen LogP contribution in [0.15, 0.2) is 158 Å². The monoisotopic (exact) mass is 960 g/mol. The fraction of sp³-hybridized carbons (Fsp3) is 0.311. The molecule has 7 aromatic rings. The second kappa shape index (κ2) is 24.0. The SMILES string of the molecule is CCC(C)c1ccccc1-c1[c-]c2c(cc1C(C)(C)C)-c1cc(C(C)(C)C)c(-c3ccccc3C(C)CC)cc1C2.[Cl-].[Cl-].[Zr+2]=[C](Cc1ccccc1)Cc1ccccc1.c1cc[cH-]c1. The molecule has 0 heterocycles. The quantitative estimate of drug-likeness (QED) is 0.120. The van der Waals surface area contributed by atoms with E-state index in [1.54, 1.807) is 27.4 Å². The molecule has 2 unspecified atom stereocenters. The Labute approximate surface area is 414 Å². The van der Waals surface area contributed by atoms with Crippen molar-refractivity contribution in [2.24, 2.45) is 0 Å². The minimum Gasteiger partial charge on any atom is -0.214 e. The topological polar surface area (TPSA) is 0 Å². The van der Waals surface area contributed by atoms with Crippen molar-refractivity contribution in [1.29, 1.82) is 0 Å². The summed E-state index contributed by atoms with van der Waals surface area (Å²) in [6.07, 6.45) is 5.46. The molecule has 332 valence electrons. The van der Waals surface area contributed by atoms with Gasteiger partial charge in [-0.25, -0.2) is 12.1 Å². The maximum Gasteiger partial charge on any atom is -0.172 e. The molecule has 0 nitrogen and oxygen atoms in total. The molecule has 0 saturated carbocycles. The van der Waals surface area contributed by atoms with Gasteiger partial charge in [-0.1, -0.05) is 159 Å². The van der Waals surface area contributed by atoms with E-state index in [2.05, 4.69) is 203 Å². The van der Waals surface area contributed by atoms with Crippen molar-refractivity contribution in [1.82, 2.24) is 0 Å². The zero-order valence-corrected chi connectivity index (χ0v) is 43.9. The molecule has 0 saturated heterocycles. The first kappa shape index (κ1) is 52.6. The minimum absolute atomic E-state index is 0. The summed E-state index contributed by atoms with van der Waals surface area (Å²) in [5.41, 5.74) is 19.6. The van der Waals surface area contributed by atoms with Crippen LogP contribution in [-0.4, -0.2) is 3.21 Å². The van der Waals surface area contributed by atoms with E-state index in [0.717, 1.165) is 32.1 Å². The zero-order chi connectivity index (χ0) is 44.4. The number of hydrogen-bond acceptors (Lipinski definition) is 0. The van der Waals surface area contributed by atoms with Crippen molar-refractivity contribution in [3.63, 3.8) is 0 Å². The first-order valence-electron chi connectivity index (χ1n) is 23.0. The van der Waals surface area contributed by atoms with E-state index in [4.69, 9.17) is 0 Å². The summed E-state index contributed by atoms with van der Waals surface area (Å²) in [6, 6.07) is 61.1. The molecule has 7 aromatic carbocycles. The predicted octanol–water partition coefficient (Wildman–Crippen LogP) is 10.6. The maximum atomic E-state index is 4.04. The molecule has 1 aliphatic rings. The third kappa shape index (κ3) is 13.3. The van der Waals surface area contributed by atoms with E-state index in [1.165, 1.54) is 77.9 Å². The van der Waals surface area contributed by atoms with Crippen LogP contribution in [0.25, 0.3) is 33.4 Å². The molecule has 0 radical (unpaired) electrons. The van der Waals surface area contributed by atoms with Crippen molar-refractivity contribution in [3.05, 3.63) is 208 Å². The maximum absolute atomic E-state index is 4.04. The molecule has 2 atom stereocenters. The van der Waals surface area contributed by atoms with Gasteiger partial charge in [0, 0.05) is 0 Å². The van der Waals surface area contributed by atoms with Crippen molar-refractivity contribution in [3.8, 4) is 33.4 Å². The van der Waals surface area contributed by atoms with Gasteiger partial charge in [0.15, 0.2) is 0 Å². The van der Waals surface area contributed by atoms with E-state index in [0.29, 0.717) is 11.8 Å². The summed E-state index contributed by atoms with van der Waals surface area (Å²) in [4.78, 5) is 0. The van der Waals surface area contributed by atoms with Gasteiger partial charge in [-0.05, 0) is 63.3 Å². The molecule has 8 rings (SSSR count). The van der Waals surface area contributed by atoms with Gasteiger partial charge in [0.05, 0.1) is 0 Å².